The molecular weight excluding hydrogens is 336 g/mol. The lowest BCUT2D eigenvalue weighted by molar-refractivity contribution is 0.343. The maximum absolute atomic E-state index is 6.30. The molecule has 1 aliphatic rings. The molecule has 5 nitrogen and oxygen atoms in total. The van der Waals surface area contributed by atoms with Gasteiger partial charge >= 0.3 is 0 Å². The van der Waals surface area contributed by atoms with Gasteiger partial charge in [0.15, 0.2) is 5.96 Å². The van der Waals surface area contributed by atoms with Gasteiger partial charge in [-0.15, -0.1) is 0 Å². The Hall–Kier alpha value is -1.46. The van der Waals surface area contributed by atoms with E-state index in [-0.39, 0.29) is 0 Å². The number of halogens is 1. The van der Waals surface area contributed by atoms with Crippen LogP contribution in [0.3, 0.4) is 0 Å². The summed E-state index contributed by atoms with van der Waals surface area (Å²) in [5.74, 6) is 2.35. The number of benzene rings is 1. The van der Waals surface area contributed by atoms with E-state index < -0.39 is 0 Å². The summed E-state index contributed by atoms with van der Waals surface area (Å²) in [6.07, 6.45) is 2.10. The highest BCUT2D eigenvalue weighted by Gasteiger charge is 2.20. The Morgan fingerprint density at radius 1 is 1.36 bits per heavy atom. The van der Waals surface area contributed by atoms with Gasteiger partial charge < -0.3 is 20.3 Å². The van der Waals surface area contributed by atoms with Crippen LogP contribution < -0.4 is 15.4 Å². The second-order valence-electron chi connectivity index (χ2n) is 6.40. The van der Waals surface area contributed by atoms with Crippen molar-refractivity contribution >= 4 is 17.6 Å². The Bertz CT molecular complexity index is 564. The van der Waals surface area contributed by atoms with Gasteiger partial charge in [-0.05, 0) is 56.5 Å². The summed E-state index contributed by atoms with van der Waals surface area (Å²) in [5.41, 5.74) is 1.11. The van der Waals surface area contributed by atoms with Crippen LogP contribution in [0.2, 0.25) is 5.02 Å². The standard InChI is InChI=1S/C19H31ClN4O/c1-4-21-19(23-13-15-9-11-24(5-2)14-15)22-10-8-16-6-7-17(25-3)12-18(16)20/h6-7,12,15H,4-5,8-11,13-14H2,1-3H3,(H2,21,22,23). The molecule has 2 rings (SSSR count). The van der Waals surface area contributed by atoms with Crippen LogP contribution in [0, 0.1) is 5.92 Å². The number of nitrogens with zero attached hydrogens (tertiary/aromatic N) is 2. The van der Waals surface area contributed by atoms with Gasteiger partial charge in [0, 0.05) is 31.2 Å². The molecular formula is C19H31ClN4O. The summed E-state index contributed by atoms with van der Waals surface area (Å²) >= 11 is 6.30. The molecule has 1 aromatic carbocycles. The van der Waals surface area contributed by atoms with E-state index in [1.165, 1.54) is 19.5 Å². The second-order valence-corrected chi connectivity index (χ2v) is 6.81. The van der Waals surface area contributed by atoms with Crippen molar-refractivity contribution in [1.29, 1.82) is 0 Å². The molecule has 0 aliphatic carbocycles. The minimum Gasteiger partial charge on any atom is -0.497 e. The second kappa shape index (κ2) is 10.5. The lowest BCUT2D eigenvalue weighted by Gasteiger charge is -2.14. The maximum Gasteiger partial charge on any atom is 0.191 e. The average Bonchev–Trinajstić information content (AvgIpc) is 3.09. The number of hydrogen-bond acceptors (Lipinski definition) is 3. The van der Waals surface area contributed by atoms with Gasteiger partial charge in [0.25, 0.3) is 0 Å². The van der Waals surface area contributed by atoms with Gasteiger partial charge in [-0.1, -0.05) is 24.6 Å². The van der Waals surface area contributed by atoms with Crippen LogP contribution in [-0.2, 0) is 6.42 Å². The van der Waals surface area contributed by atoms with Gasteiger partial charge in [-0.3, -0.25) is 4.99 Å². The molecule has 2 N–H and O–H groups in total. The molecule has 0 saturated carbocycles. The Kier molecular flexibility index (Phi) is 8.35. The zero-order valence-corrected chi connectivity index (χ0v) is 16.4. The van der Waals surface area contributed by atoms with Crippen LogP contribution in [0.5, 0.6) is 5.75 Å². The normalized spacial score (nSPS) is 18.4. The van der Waals surface area contributed by atoms with Crippen molar-refractivity contribution in [2.75, 3.05) is 46.4 Å². The van der Waals surface area contributed by atoms with Gasteiger partial charge in [-0.2, -0.15) is 0 Å². The predicted molar refractivity (Wildman–Crippen MR) is 106 cm³/mol. The van der Waals surface area contributed by atoms with Crippen molar-refractivity contribution < 1.29 is 4.74 Å². The van der Waals surface area contributed by atoms with Crippen LogP contribution in [-0.4, -0.2) is 57.2 Å². The van der Waals surface area contributed by atoms with Crippen molar-refractivity contribution in [1.82, 2.24) is 15.5 Å². The highest BCUT2D eigenvalue weighted by Crippen LogP contribution is 2.22. The van der Waals surface area contributed by atoms with Crippen LogP contribution in [0.1, 0.15) is 25.8 Å². The van der Waals surface area contributed by atoms with Crippen LogP contribution >= 0.6 is 11.6 Å². The zero-order valence-electron chi connectivity index (χ0n) is 15.6. The molecule has 1 fully saturated rings. The summed E-state index contributed by atoms with van der Waals surface area (Å²) < 4.78 is 5.19. The number of ether oxygens (including phenoxy) is 1. The Morgan fingerprint density at radius 2 is 2.20 bits per heavy atom. The SMILES string of the molecule is CCNC(=NCC1CCN(CC)C1)NCCc1ccc(OC)cc1Cl. The molecule has 1 atom stereocenters. The molecule has 140 valence electrons. The van der Waals surface area contributed by atoms with Crippen LogP contribution in [0.4, 0.5) is 0 Å². The molecule has 0 bridgehead atoms. The van der Waals surface area contributed by atoms with Gasteiger partial charge in [0.1, 0.15) is 5.75 Å². The van der Waals surface area contributed by atoms with Gasteiger partial charge in [-0.25, -0.2) is 0 Å². The third kappa shape index (κ3) is 6.40. The Labute approximate surface area is 156 Å². The number of methoxy groups -OCH3 is 1. The summed E-state index contributed by atoms with van der Waals surface area (Å²) in [6, 6.07) is 5.82. The summed E-state index contributed by atoms with van der Waals surface area (Å²) in [5, 5.41) is 7.48. The van der Waals surface area contributed by atoms with E-state index in [0.29, 0.717) is 5.92 Å². The van der Waals surface area contributed by atoms with E-state index in [1.54, 1.807) is 7.11 Å². The number of aliphatic imine (C=N–C) groups is 1. The first-order valence-electron chi connectivity index (χ1n) is 9.23. The van der Waals surface area contributed by atoms with E-state index in [0.717, 1.165) is 54.9 Å². The topological polar surface area (TPSA) is 48.9 Å². The molecule has 1 heterocycles. The molecule has 0 aromatic heterocycles. The summed E-state index contributed by atoms with van der Waals surface area (Å²) in [4.78, 5) is 7.25. The molecule has 1 saturated heterocycles. The molecule has 0 spiro atoms. The maximum atomic E-state index is 6.30. The largest absolute Gasteiger partial charge is 0.497 e. The molecule has 1 unspecified atom stereocenters. The lowest BCUT2D eigenvalue weighted by Crippen LogP contribution is -2.38. The smallest absolute Gasteiger partial charge is 0.191 e. The van der Waals surface area contributed by atoms with E-state index in [9.17, 15) is 0 Å². The molecule has 6 heteroatoms. The Balaban J connectivity index is 1.81. The van der Waals surface area contributed by atoms with E-state index >= 15 is 0 Å². The third-order valence-electron chi connectivity index (χ3n) is 4.62. The van der Waals surface area contributed by atoms with Crippen LogP contribution in [0.15, 0.2) is 23.2 Å². The van der Waals surface area contributed by atoms with E-state index in [1.807, 2.05) is 18.2 Å². The first-order valence-corrected chi connectivity index (χ1v) is 9.61. The fourth-order valence-electron chi connectivity index (χ4n) is 3.08. The quantitative estimate of drug-likeness (QED) is 0.548. The number of likely N-dealkylation sites (tertiary alicyclic amines) is 1. The van der Waals surface area contributed by atoms with E-state index in [4.69, 9.17) is 21.3 Å². The molecule has 0 radical (unpaired) electrons. The fourth-order valence-corrected chi connectivity index (χ4v) is 3.35. The molecule has 1 aromatic rings. The summed E-state index contributed by atoms with van der Waals surface area (Å²) in [7, 11) is 1.65. The lowest BCUT2D eigenvalue weighted by atomic mass is 10.1. The van der Waals surface area contributed by atoms with Gasteiger partial charge in [0.05, 0.1) is 7.11 Å². The van der Waals surface area contributed by atoms with Crippen molar-refractivity contribution in [3.8, 4) is 5.75 Å². The average molecular weight is 367 g/mol. The van der Waals surface area contributed by atoms with Crippen molar-refractivity contribution in [3.05, 3.63) is 28.8 Å². The van der Waals surface area contributed by atoms with Crippen molar-refractivity contribution in [2.24, 2.45) is 10.9 Å². The minimum absolute atomic E-state index is 0.673. The highest BCUT2D eigenvalue weighted by molar-refractivity contribution is 6.31. The number of guanidine groups is 1. The molecule has 0 amide bonds. The molecule has 25 heavy (non-hydrogen) atoms. The monoisotopic (exact) mass is 366 g/mol. The third-order valence-corrected chi connectivity index (χ3v) is 4.97. The predicted octanol–water partition coefficient (Wildman–Crippen LogP) is 2.79. The number of hydrogen-bond donors (Lipinski definition) is 2. The van der Waals surface area contributed by atoms with Crippen LogP contribution in [0.25, 0.3) is 0 Å². The Morgan fingerprint density at radius 3 is 2.84 bits per heavy atom. The minimum atomic E-state index is 0.673. The zero-order chi connectivity index (χ0) is 18.1. The number of nitrogens with one attached hydrogen (secondary N) is 2. The van der Waals surface area contributed by atoms with Gasteiger partial charge in [0.2, 0.25) is 0 Å². The summed E-state index contributed by atoms with van der Waals surface area (Å²) in [6.45, 7) is 10.4. The van der Waals surface area contributed by atoms with E-state index in [2.05, 4.69) is 29.4 Å². The highest BCUT2D eigenvalue weighted by atomic mass is 35.5. The number of rotatable bonds is 8. The van der Waals surface area contributed by atoms with Crippen molar-refractivity contribution in [2.45, 2.75) is 26.7 Å². The van der Waals surface area contributed by atoms with Crippen molar-refractivity contribution in [3.63, 3.8) is 0 Å². The first kappa shape index (κ1) is 19.9. The molecule has 1 aliphatic heterocycles. The fraction of sp³-hybridized carbons (Fsp3) is 0.632. The first-order chi connectivity index (χ1) is 12.2.